The van der Waals surface area contributed by atoms with Crippen LogP contribution < -0.4 is 10.6 Å². The van der Waals surface area contributed by atoms with Crippen molar-refractivity contribution in [2.75, 3.05) is 12.3 Å². The van der Waals surface area contributed by atoms with E-state index < -0.39 is 34.0 Å². The minimum atomic E-state index is -3.46. The molecule has 0 aliphatic carbocycles. The predicted octanol–water partition coefficient (Wildman–Crippen LogP) is 1.88. The fourth-order valence-corrected chi connectivity index (χ4v) is 4.11. The number of sulfone groups is 1. The van der Waals surface area contributed by atoms with Crippen LogP contribution in [0.5, 0.6) is 5.75 Å². The minimum absolute atomic E-state index is 0.0118. The number of oxime groups is 1. The number of carbonyl (C=O) groups is 2. The SMILES string of the molecule is CCS(=O)(=O)C1=NOC(CNC(=O)[C@H](Cc2ccc(O)cc2)NC(=O)OCc2ccccc2)C1. The lowest BCUT2D eigenvalue weighted by atomic mass is 10.0. The third-order valence-corrected chi connectivity index (χ3v) is 6.87. The quantitative estimate of drug-likeness (QED) is 0.488. The molecule has 0 saturated heterocycles. The van der Waals surface area contributed by atoms with Crippen LogP contribution in [-0.4, -0.2) is 55.0 Å². The predicted molar refractivity (Wildman–Crippen MR) is 125 cm³/mol. The van der Waals surface area contributed by atoms with E-state index in [-0.39, 0.29) is 42.5 Å². The van der Waals surface area contributed by atoms with Gasteiger partial charge < -0.3 is 25.3 Å². The standard InChI is InChI=1S/C23H27N3O7S/c1-2-34(30,31)21-13-19(33-26-21)14-24-22(28)20(12-16-8-10-18(27)11-9-16)25-23(29)32-15-17-6-4-3-5-7-17/h3-11,19-20,27H,2,12-15H2,1H3,(H,24,28)(H,25,29)/t19?,20-/m0/s1. The van der Waals surface area contributed by atoms with Crippen LogP contribution in [0, 0.1) is 0 Å². The van der Waals surface area contributed by atoms with E-state index in [4.69, 9.17) is 9.57 Å². The second-order valence-electron chi connectivity index (χ2n) is 7.69. The normalized spacial score (nSPS) is 16.1. The van der Waals surface area contributed by atoms with Gasteiger partial charge in [-0.25, -0.2) is 13.2 Å². The van der Waals surface area contributed by atoms with Gasteiger partial charge in [0.15, 0.2) is 21.0 Å². The molecule has 1 heterocycles. The maximum atomic E-state index is 12.9. The van der Waals surface area contributed by atoms with E-state index in [2.05, 4.69) is 15.8 Å². The lowest BCUT2D eigenvalue weighted by Crippen LogP contribution is -2.49. The summed E-state index contributed by atoms with van der Waals surface area (Å²) < 4.78 is 29.1. The lowest BCUT2D eigenvalue weighted by molar-refractivity contribution is -0.123. The highest BCUT2D eigenvalue weighted by Gasteiger charge is 2.30. The minimum Gasteiger partial charge on any atom is -0.508 e. The summed E-state index contributed by atoms with van der Waals surface area (Å²) in [6.07, 6.45) is -1.19. The number of nitrogens with one attached hydrogen (secondary N) is 2. The van der Waals surface area contributed by atoms with Crippen molar-refractivity contribution in [2.45, 2.75) is 38.5 Å². The molecule has 1 aliphatic heterocycles. The average molecular weight is 490 g/mol. The molecule has 2 amide bonds. The van der Waals surface area contributed by atoms with Gasteiger partial charge in [-0.05, 0) is 23.3 Å². The number of hydrogen-bond donors (Lipinski definition) is 3. The third kappa shape index (κ3) is 7.20. The zero-order chi connectivity index (χ0) is 24.6. The van der Waals surface area contributed by atoms with Crippen LogP contribution in [0.4, 0.5) is 4.79 Å². The summed E-state index contributed by atoms with van der Waals surface area (Å²) in [5, 5.41) is 18.3. The monoisotopic (exact) mass is 489 g/mol. The van der Waals surface area contributed by atoms with Gasteiger partial charge in [0.05, 0.1) is 12.3 Å². The fourth-order valence-electron chi connectivity index (χ4n) is 3.18. The molecule has 10 nitrogen and oxygen atoms in total. The van der Waals surface area contributed by atoms with Crippen LogP contribution in [0.2, 0.25) is 0 Å². The number of phenols is 1. The molecule has 2 aromatic carbocycles. The summed E-state index contributed by atoms with van der Waals surface area (Å²) in [6, 6.07) is 14.4. The summed E-state index contributed by atoms with van der Waals surface area (Å²) >= 11 is 0. The van der Waals surface area contributed by atoms with Crippen molar-refractivity contribution < 1.29 is 32.7 Å². The Balaban J connectivity index is 1.58. The number of benzene rings is 2. The highest BCUT2D eigenvalue weighted by molar-refractivity contribution is 8.06. The molecule has 1 aliphatic rings. The molecule has 1 unspecified atom stereocenters. The topological polar surface area (TPSA) is 143 Å². The first-order chi connectivity index (χ1) is 16.3. The summed E-state index contributed by atoms with van der Waals surface area (Å²) in [6.45, 7) is 1.57. The van der Waals surface area contributed by atoms with Crippen molar-refractivity contribution in [3.8, 4) is 5.75 Å². The number of alkyl carbamates (subject to hydrolysis) is 1. The molecule has 0 bridgehead atoms. The Hall–Kier alpha value is -3.60. The van der Waals surface area contributed by atoms with E-state index >= 15 is 0 Å². The molecule has 0 radical (unpaired) electrons. The molecular formula is C23H27N3O7S. The van der Waals surface area contributed by atoms with E-state index in [1.807, 2.05) is 30.3 Å². The maximum Gasteiger partial charge on any atom is 0.408 e. The van der Waals surface area contributed by atoms with Crippen LogP contribution in [0.1, 0.15) is 24.5 Å². The van der Waals surface area contributed by atoms with Crippen molar-refractivity contribution >= 4 is 26.9 Å². The number of amides is 2. The van der Waals surface area contributed by atoms with Gasteiger partial charge in [-0.15, -0.1) is 0 Å². The summed E-state index contributed by atoms with van der Waals surface area (Å²) in [5.74, 6) is -0.505. The molecule has 182 valence electrons. The second kappa shape index (κ2) is 11.5. The Kier molecular flexibility index (Phi) is 8.47. The zero-order valence-corrected chi connectivity index (χ0v) is 19.5. The van der Waals surface area contributed by atoms with Gasteiger partial charge in [-0.1, -0.05) is 54.5 Å². The van der Waals surface area contributed by atoms with Crippen molar-refractivity contribution in [2.24, 2.45) is 5.16 Å². The summed E-state index contributed by atoms with van der Waals surface area (Å²) in [4.78, 5) is 30.4. The Morgan fingerprint density at radius 3 is 2.53 bits per heavy atom. The molecule has 0 aromatic heterocycles. The number of phenolic OH excluding ortho intramolecular Hbond substituents is 1. The van der Waals surface area contributed by atoms with Crippen molar-refractivity contribution in [3.05, 3.63) is 65.7 Å². The van der Waals surface area contributed by atoms with Gasteiger partial charge >= 0.3 is 6.09 Å². The molecule has 34 heavy (non-hydrogen) atoms. The fraction of sp³-hybridized carbons (Fsp3) is 0.348. The van der Waals surface area contributed by atoms with Gasteiger partial charge in [0, 0.05) is 12.8 Å². The summed E-state index contributed by atoms with van der Waals surface area (Å²) in [5.41, 5.74) is 1.51. The number of carbonyl (C=O) groups excluding carboxylic acids is 2. The molecule has 11 heteroatoms. The Morgan fingerprint density at radius 2 is 1.85 bits per heavy atom. The van der Waals surface area contributed by atoms with Crippen LogP contribution in [0.3, 0.4) is 0 Å². The maximum absolute atomic E-state index is 12.9. The largest absolute Gasteiger partial charge is 0.508 e. The first-order valence-corrected chi connectivity index (χ1v) is 12.4. The van der Waals surface area contributed by atoms with E-state index in [0.29, 0.717) is 5.56 Å². The molecule has 2 aromatic rings. The molecule has 0 saturated carbocycles. The first kappa shape index (κ1) is 25.0. The Labute approximate surface area is 197 Å². The molecule has 2 atom stereocenters. The highest BCUT2D eigenvalue weighted by atomic mass is 32.2. The summed E-state index contributed by atoms with van der Waals surface area (Å²) in [7, 11) is -3.46. The molecule has 0 fully saturated rings. The van der Waals surface area contributed by atoms with Crippen molar-refractivity contribution in [1.29, 1.82) is 0 Å². The molecule has 0 spiro atoms. The third-order valence-electron chi connectivity index (χ3n) is 5.15. The van der Waals surface area contributed by atoms with E-state index in [9.17, 15) is 23.1 Å². The number of nitrogens with zero attached hydrogens (tertiary/aromatic N) is 1. The van der Waals surface area contributed by atoms with Crippen molar-refractivity contribution in [3.63, 3.8) is 0 Å². The van der Waals surface area contributed by atoms with Crippen LogP contribution in [0.15, 0.2) is 59.8 Å². The van der Waals surface area contributed by atoms with E-state index in [0.717, 1.165) is 5.56 Å². The van der Waals surface area contributed by atoms with Crippen molar-refractivity contribution in [1.82, 2.24) is 10.6 Å². The number of rotatable bonds is 9. The Bertz CT molecular complexity index is 1120. The lowest BCUT2D eigenvalue weighted by Gasteiger charge is -2.19. The van der Waals surface area contributed by atoms with Gasteiger partial charge in [-0.3, -0.25) is 4.79 Å². The highest BCUT2D eigenvalue weighted by Crippen LogP contribution is 2.15. The zero-order valence-electron chi connectivity index (χ0n) is 18.6. The molecular weight excluding hydrogens is 462 g/mol. The number of aromatic hydroxyl groups is 1. The number of ether oxygens (including phenoxy) is 1. The first-order valence-electron chi connectivity index (χ1n) is 10.7. The average Bonchev–Trinajstić information content (AvgIpc) is 3.33. The Morgan fingerprint density at radius 1 is 1.15 bits per heavy atom. The van der Waals surface area contributed by atoms with Crippen LogP contribution in [0.25, 0.3) is 0 Å². The molecule has 3 rings (SSSR count). The van der Waals surface area contributed by atoms with Gasteiger partial charge in [0.1, 0.15) is 18.4 Å². The second-order valence-corrected chi connectivity index (χ2v) is 9.97. The van der Waals surface area contributed by atoms with Crippen LogP contribution >= 0.6 is 0 Å². The van der Waals surface area contributed by atoms with Crippen LogP contribution in [-0.2, 0) is 37.2 Å². The van der Waals surface area contributed by atoms with Gasteiger partial charge in [0.2, 0.25) is 5.91 Å². The smallest absolute Gasteiger partial charge is 0.408 e. The van der Waals surface area contributed by atoms with E-state index in [1.54, 1.807) is 12.1 Å². The van der Waals surface area contributed by atoms with Gasteiger partial charge in [0.25, 0.3) is 0 Å². The number of hydrogen-bond acceptors (Lipinski definition) is 8. The van der Waals surface area contributed by atoms with E-state index in [1.165, 1.54) is 19.1 Å². The van der Waals surface area contributed by atoms with Gasteiger partial charge in [-0.2, -0.15) is 0 Å². The molecule has 3 N–H and O–H groups in total.